The lowest BCUT2D eigenvalue weighted by molar-refractivity contribution is -0.0102. The molecule has 1 aromatic heterocycles. The number of ether oxygens (including phenoxy) is 7. The Hall–Kier alpha value is -4.17. The minimum atomic E-state index is -0.248. The number of amides is 1. The topological polar surface area (TPSA) is 173 Å². The van der Waals surface area contributed by atoms with Gasteiger partial charge in [0.15, 0.2) is 16.8 Å². The van der Waals surface area contributed by atoms with Crippen LogP contribution in [0.25, 0.3) is 32.7 Å². The van der Waals surface area contributed by atoms with Gasteiger partial charge in [-0.3, -0.25) is 9.59 Å². The van der Waals surface area contributed by atoms with Gasteiger partial charge in [-0.05, 0) is 29.8 Å². The molecule has 1 N–H and O–H groups in total. The van der Waals surface area contributed by atoms with Crippen molar-refractivity contribution < 1.29 is 42.4 Å². The molecule has 0 saturated heterocycles. The van der Waals surface area contributed by atoms with Gasteiger partial charge in [-0.2, -0.15) is 0 Å². The first-order valence-corrected chi connectivity index (χ1v) is 14.1. The van der Waals surface area contributed by atoms with Crippen molar-refractivity contribution >= 4 is 16.9 Å². The summed E-state index contributed by atoms with van der Waals surface area (Å²) in [6.45, 7) is 4.81. The maximum Gasteiger partial charge on any atom is 0.251 e. The van der Waals surface area contributed by atoms with E-state index in [2.05, 4.69) is 15.3 Å². The predicted molar refractivity (Wildman–Crippen MR) is 161 cm³/mol. The maximum atomic E-state index is 12.7. The van der Waals surface area contributed by atoms with E-state index in [4.69, 9.17) is 43.1 Å². The van der Waals surface area contributed by atoms with Gasteiger partial charge in [0.2, 0.25) is 5.75 Å². The Labute approximate surface area is 254 Å². The summed E-state index contributed by atoms with van der Waals surface area (Å²) in [7, 11) is 2.99. The molecule has 14 nitrogen and oxygen atoms in total. The van der Waals surface area contributed by atoms with Crippen molar-refractivity contribution in [1.29, 1.82) is 0 Å². The average Bonchev–Trinajstić information content (AvgIpc) is 3.05. The van der Waals surface area contributed by atoms with Crippen LogP contribution in [0.4, 0.5) is 0 Å². The predicted octanol–water partition coefficient (Wildman–Crippen LogP) is 3.60. The highest BCUT2D eigenvalue weighted by atomic mass is 16.6. The zero-order valence-corrected chi connectivity index (χ0v) is 25.0. The van der Waals surface area contributed by atoms with Crippen molar-refractivity contribution in [2.75, 3.05) is 93.4 Å². The molecule has 0 bridgehead atoms. The van der Waals surface area contributed by atoms with Crippen LogP contribution in [0.2, 0.25) is 0 Å². The number of rotatable bonds is 22. The lowest BCUT2D eigenvalue weighted by Gasteiger charge is -2.11. The molecule has 0 spiro atoms. The third-order valence-corrected chi connectivity index (χ3v) is 6.09. The second kappa shape index (κ2) is 19.9. The average molecular weight is 615 g/mol. The quantitative estimate of drug-likeness (QED) is 0.0762. The van der Waals surface area contributed by atoms with Crippen LogP contribution in [0.1, 0.15) is 10.4 Å². The van der Waals surface area contributed by atoms with Gasteiger partial charge in [-0.15, -0.1) is 0 Å². The number of carbonyl (C=O) groups excluding carboxylic acids is 1. The van der Waals surface area contributed by atoms with Gasteiger partial charge in [0, 0.05) is 35.2 Å². The van der Waals surface area contributed by atoms with E-state index >= 15 is 0 Å². The minimum absolute atomic E-state index is 0.218. The molecular formula is C30H38N4O10. The standard InChI is InChI=1S/C30H38N4O10/c1-37-26-8-7-24-25(35)21-27(44-28(24)29(26)38-2)22-3-5-23(6-4-22)30(36)32-9-11-39-13-15-41-17-19-43-20-18-42-16-14-40-12-10-33-34-31/h3-8,21H,9-20H2,1-2H3,(H,32,36). The van der Waals surface area contributed by atoms with E-state index in [9.17, 15) is 9.59 Å². The van der Waals surface area contributed by atoms with E-state index in [-0.39, 0.29) is 16.9 Å². The lowest BCUT2D eigenvalue weighted by atomic mass is 10.1. The van der Waals surface area contributed by atoms with Gasteiger partial charge >= 0.3 is 0 Å². The molecule has 1 amide bonds. The van der Waals surface area contributed by atoms with Crippen molar-refractivity contribution in [1.82, 2.24) is 5.32 Å². The van der Waals surface area contributed by atoms with E-state index in [1.165, 1.54) is 20.3 Å². The second-order valence-electron chi connectivity index (χ2n) is 9.00. The molecule has 0 aliphatic carbocycles. The van der Waals surface area contributed by atoms with Crippen LogP contribution in [0.15, 0.2) is 56.8 Å². The number of benzene rings is 2. The van der Waals surface area contributed by atoms with Crippen LogP contribution in [0.3, 0.4) is 0 Å². The summed E-state index contributed by atoms with van der Waals surface area (Å²) in [4.78, 5) is 27.9. The Kier molecular flexibility index (Phi) is 15.5. The number of azide groups is 1. The van der Waals surface area contributed by atoms with Crippen molar-refractivity contribution in [3.63, 3.8) is 0 Å². The summed E-state index contributed by atoms with van der Waals surface area (Å²) in [5, 5.41) is 6.55. The smallest absolute Gasteiger partial charge is 0.251 e. The Balaban J connectivity index is 1.26. The summed E-state index contributed by atoms with van der Waals surface area (Å²) in [5.74, 6) is 0.880. The number of nitrogens with zero attached hydrogens (tertiary/aromatic N) is 3. The highest BCUT2D eigenvalue weighted by Gasteiger charge is 2.16. The molecule has 0 unspecified atom stereocenters. The molecule has 14 heteroatoms. The Morgan fingerprint density at radius 1 is 0.818 bits per heavy atom. The maximum absolute atomic E-state index is 12.7. The van der Waals surface area contributed by atoms with Gasteiger partial charge in [-0.25, -0.2) is 0 Å². The van der Waals surface area contributed by atoms with Crippen LogP contribution in [0.5, 0.6) is 11.5 Å². The lowest BCUT2D eigenvalue weighted by Crippen LogP contribution is -2.27. The molecule has 0 fully saturated rings. The van der Waals surface area contributed by atoms with Gasteiger partial charge in [-0.1, -0.05) is 17.2 Å². The SMILES string of the molecule is COc1ccc2c(=O)cc(-c3ccc(C(=O)NCCOCCOCCOCCOCCOCCN=[N+]=[N-])cc3)oc2c1OC. The number of carbonyl (C=O) groups is 1. The molecule has 0 atom stereocenters. The molecular weight excluding hydrogens is 576 g/mol. The summed E-state index contributed by atoms with van der Waals surface area (Å²) in [6.07, 6.45) is 0. The molecule has 0 radical (unpaired) electrons. The van der Waals surface area contributed by atoms with Crippen molar-refractivity contribution in [3.05, 3.63) is 68.7 Å². The number of hydrogen-bond acceptors (Lipinski definition) is 11. The second-order valence-corrected chi connectivity index (χ2v) is 9.00. The minimum Gasteiger partial charge on any atom is -0.493 e. The number of nitrogens with one attached hydrogen (secondary N) is 1. The number of hydrogen-bond donors (Lipinski definition) is 1. The molecule has 0 aliphatic rings. The molecule has 0 aliphatic heterocycles. The fourth-order valence-corrected chi connectivity index (χ4v) is 3.93. The summed E-state index contributed by atoms with van der Waals surface area (Å²) < 4.78 is 43.7. The van der Waals surface area contributed by atoms with E-state index in [0.29, 0.717) is 113 Å². The molecule has 238 valence electrons. The molecule has 2 aromatic carbocycles. The van der Waals surface area contributed by atoms with Crippen LogP contribution >= 0.6 is 0 Å². The van der Waals surface area contributed by atoms with E-state index in [0.717, 1.165) is 0 Å². The molecule has 0 saturated carbocycles. The fraction of sp³-hybridized carbons (Fsp3) is 0.467. The van der Waals surface area contributed by atoms with Crippen molar-refractivity contribution in [2.24, 2.45) is 5.11 Å². The molecule has 3 aromatic rings. The molecule has 3 rings (SSSR count). The highest BCUT2D eigenvalue weighted by Crippen LogP contribution is 2.36. The first-order valence-electron chi connectivity index (χ1n) is 14.1. The molecule has 44 heavy (non-hydrogen) atoms. The zero-order valence-electron chi connectivity index (χ0n) is 25.0. The van der Waals surface area contributed by atoms with Gasteiger partial charge in [0.05, 0.1) is 85.7 Å². The van der Waals surface area contributed by atoms with E-state index in [1.807, 2.05) is 0 Å². The van der Waals surface area contributed by atoms with Gasteiger partial charge in [0.25, 0.3) is 5.91 Å². The van der Waals surface area contributed by atoms with Crippen LogP contribution in [0, 0.1) is 0 Å². The summed E-state index contributed by atoms with van der Waals surface area (Å²) in [5.41, 5.74) is 9.31. The largest absolute Gasteiger partial charge is 0.493 e. The number of fused-ring (bicyclic) bond motifs is 1. The van der Waals surface area contributed by atoms with E-state index in [1.54, 1.807) is 36.4 Å². The number of methoxy groups -OCH3 is 2. The van der Waals surface area contributed by atoms with Crippen LogP contribution in [-0.2, 0) is 23.7 Å². The first kappa shape index (κ1) is 34.3. The van der Waals surface area contributed by atoms with Crippen molar-refractivity contribution in [3.8, 4) is 22.8 Å². The summed E-state index contributed by atoms with van der Waals surface area (Å²) >= 11 is 0. The zero-order chi connectivity index (χ0) is 31.4. The highest BCUT2D eigenvalue weighted by molar-refractivity contribution is 5.94. The van der Waals surface area contributed by atoms with Crippen LogP contribution in [-0.4, -0.2) is 99.3 Å². The fourth-order valence-electron chi connectivity index (χ4n) is 3.93. The van der Waals surface area contributed by atoms with Crippen molar-refractivity contribution in [2.45, 2.75) is 0 Å². The summed E-state index contributed by atoms with van der Waals surface area (Å²) in [6, 6.07) is 11.4. The Morgan fingerprint density at radius 2 is 1.41 bits per heavy atom. The third kappa shape index (κ3) is 11.2. The van der Waals surface area contributed by atoms with Gasteiger partial charge in [0.1, 0.15) is 5.76 Å². The first-order chi connectivity index (χ1) is 21.6. The normalized spacial score (nSPS) is 10.9. The van der Waals surface area contributed by atoms with E-state index < -0.39 is 0 Å². The monoisotopic (exact) mass is 614 g/mol. The Morgan fingerprint density at radius 3 is 1.98 bits per heavy atom. The Bertz CT molecular complexity index is 1410. The molecule has 1 heterocycles. The van der Waals surface area contributed by atoms with Gasteiger partial charge < -0.3 is 42.9 Å². The van der Waals surface area contributed by atoms with Crippen LogP contribution < -0.4 is 20.2 Å². The third-order valence-electron chi connectivity index (χ3n) is 6.09.